The van der Waals surface area contributed by atoms with Crippen LogP contribution in [-0.4, -0.2) is 29.8 Å². The fraction of sp³-hybridized carbons (Fsp3) is 0.562. The zero-order valence-corrected chi connectivity index (χ0v) is 11.4. The van der Waals surface area contributed by atoms with Gasteiger partial charge in [-0.15, -0.1) is 0 Å². The number of likely N-dealkylation sites (tertiary alicyclic amines) is 1. The Kier molecular flexibility index (Phi) is 3.48. The van der Waals surface area contributed by atoms with Gasteiger partial charge in [-0.05, 0) is 30.4 Å². The number of carbonyl (C=O) groups is 1. The smallest absolute Gasteiger partial charge is 0.251 e. The third-order valence-electron chi connectivity index (χ3n) is 4.47. The van der Waals surface area contributed by atoms with E-state index in [9.17, 15) is 13.6 Å². The molecule has 1 fully saturated rings. The molecule has 3 rings (SSSR count). The second-order valence-electron chi connectivity index (χ2n) is 5.82. The molecule has 4 heteroatoms. The molecule has 20 heavy (non-hydrogen) atoms. The van der Waals surface area contributed by atoms with E-state index in [4.69, 9.17) is 0 Å². The lowest BCUT2D eigenvalue weighted by molar-refractivity contribution is -0.139. The molecule has 1 aromatic carbocycles. The van der Waals surface area contributed by atoms with Crippen molar-refractivity contribution in [1.82, 2.24) is 4.90 Å². The van der Waals surface area contributed by atoms with E-state index in [1.165, 1.54) is 5.56 Å². The van der Waals surface area contributed by atoms with Crippen LogP contribution >= 0.6 is 0 Å². The summed E-state index contributed by atoms with van der Waals surface area (Å²) in [5.74, 6) is -2.69. The van der Waals surface area contributed by atoms with Crippen molar-refractivity contribution < 1.29 is 13.6 Å². The van der Waals surface area contributed by atoms with Crippen molar-refractivity contribution in [2.24, 2.45) is 0 Å². The highest BCUT2D eigenvalue weighted by Gasteiger charge is 2.38. The van der Waals surface area contributed by atoms with Gasteiger partial charge in [0, 0.05) is 25.9 Å². The first kappa shape index (κ1) is 13.5. The predicted octanol–water partition coefficient (Wildman–Crippen LogP) is 3.36. The molecule has 0 aromatic heterocycles. The number of benzene rings is 1. The van der Waals surface area contributed by atoms with Crippen molar-refractivity contribution in [3.8, 4) is 0 Å². The summed E-state index contributed by atoms with van der Waals surface area (Å²) in [4.78, 5) is 14.2. The van der Waals surface area contributed by atoms with E-state index in [-0.39, 0.29) is 37.8 Å². The van der Waals surface area contributed by atoms with Gasteiger partial charge in [-0.25, -0.2) is 8.78 Å². The van der Waals surface area contributed by atoms with Crippen molar-refractivity contribution in [2.75, 3.05) is 13.1 Å². The lowest BCUT2D eigenvalue weighted by atomic mass is 9.82. The Bertz CT molecular complexity index is 505. The largest absolute Gasteiger partial charge is 0.342 e. The normalized spacial score (nSPS) is 25.1. The maximum absolute atomic E-state index is 13.2. The number of piperidine rings is 1. The summed E-state index contributed by atoms with van der Waals surface area (Å²) in [5.41, 5.74) is 2.33. The zero-order valence-electron chi connectivity index (χ0n) is 11.4. The van der Waals surface area contributed by atoms with Crippen LogP contribution < -0.4 is 0 Å². The summed E-state index contributed by atoms with van der Waals surface area (Å²) in [7, 11) is 0. The lowest BCUT2D eigenvalue weighted by Crippen LogP contribution is -2.45. The van der Waals surface area contributed by atoms with Gasteiger partial charge in [0.25, 0.3) is 5.92 Å². The molecule has 1 saturated heterocycles. The summed E-state index contributed by atoms with van der Waals surface area (Å²) < 4.78 is 26.4. The van der Waals surface area contributed by atoms with Crippen LogP contribution in [0.15, 0.2) is 24.3 Å². The van der Waals surface area contributed by atoms with Gasteiger partial charge in [0.2, 0.25) is 5.91 Å². The summed E-state index contributed by atoms with van der Waals surface area (Å²) >= 11 is 0. The second-order valence-corrected chi connectivity index (χ2v) is 5.82. The van der Waals surface area contributed by atoms with Gasteiger partial charge in [-0.2, -0.15) is 0 Å². The minimum atomic E-state index is -2.60. The SMILES string of the molecule is O=C(C1CCCc2ccccc21)N1CCC(F)(F)CC1. The monoisotopic (exact) mass is 279 g/mol. The molecule has 1 aliphatic heterocycles. The second kappa shape index (κ2) is 5.15. The fourth-order valence-corrected chi connectivity index (χ4v) is 3.29. The molecule has 0 radical (unpaired) electrons. The van der Waals surface area contributed by atoms with E-state index in [0.717, 1.165) is 24.8 Å². The van der Waals surface area contributed by atoms with E-state index >= 15 is 0 Å². The average Bonchev–Trinajstić information content (AvgIpc) is 2.46. The van der Waals surface area contributed by atoms with E-state index in [1.54, 1.807) is 4.90 Å². The molecule has 0 saturated carbocycles. The third-order valence-corrected chi connectivity index (χ3v) is 4.47. The van der Waals surface area contributed by atoms with Gasteiger partial charge in [0.05, 0.1) is 5.92 Å². The molecule has 2 aliphatic rings. The molecular formula is C16H19F2NO. The van der Waals surface area contributed by atoms with Gasteiger partial charge in [0.15, 0.2) is 0 Å². The summed E-state index contributed by atoms with van der Waals surface area (Å²) in [6.45, 7) is 0.370. The maximum Gasteiger partial charge on any atom is 0.251 e. The van der Waals surface area contributed by atoms with Gasteiger partial charge >= 0.3 is 0 Å². The van der Waals surface area contributed by atoms with Crippen LogP contribution in [0.25, 0.3) is 0 Å². The van der Waals surface area contributed by atoms with Gasteiger partial charge in [-0.1, -0.05) is 24.3 Å². The summed E-state index contributed by atoms with van der Waals surface area (Å²) in [6, 6.07) is 8.02. The van der Waals surface area contributed by atoms with Crippen molar-refractivity contribution in [2.45, 2.75) is 43.9 Å². The topological polar surface area (TPSA) is 20.3 Å². The fourth-order valence-electron chi connectivity index (χ4n) is 3.29. The number of rotatable bonds is 1. The van der Waals surface area contributed by atoms with Gasteiger partial charge in [-0.3, -0.25) is 4.79 Å². The van der Waals surface area contributed by atoms with Crippen molar-refractivity contribution in [3.63, 3.8) is 0 Å². The number of hydrogen-bond acceptors (Lipinski definition) is 1. The Morgan fingerprint density at radius 2 is 1.90 bits per heavy atom. The van der Waals surface area contributed by atoms with Crippen molar-refractivity contribution in [1.29, 1.82) is 0 Å². The molecule has 1 atom stereocenters. The quantitative estimate of drug-likeness (QED) is 0.772. The molecule has 1 unspecified atom stereocenters. The van der Waals surface area contributed by atoms with Gasteiger partial charge < -0.3 is 4.90 Å². The highest BCUT2D eigenvalue weighted by molar-refractivity contribution is 5.84. The van der Waals surface area contributed by atoms with E-state index in [0.29, 0.717) is 0 Å². The van der Waals surface area contributed by atoms with E-state index < -0.39 is 5.92 Å². The van der Waals surface area contributed by atoms with Crippen LogP contribution in [0, 0.1) is 0 Å². The van der Waals surface area contributed by atoms with Crippen LogP contribution in [0.4, 0.5) is 8.78 Å². The van der Waals surface area contributed by atoms with E-state index in [1.807, 2.05) is 18.2 Å². The van der Waals surface area contributed by atoms with E-state index in [2.05, 4.69) is 6.07 Å². The maximum atomic E-state index is 13.2. The number of carbonyl (C=O) groups excluding carboxylic acids is 1. The molecular weight excluding hydrogens is 260 g/mol. The van der Waals surface area contributed by atoms with Crippen LogP contribution in [0.2, 0.25) is 0 Å². The lowest BCUT2D eigenvalue weighted by Gasteiger charge is -2.35. The van der Waals surface area contributed by atoms with Crippen LogP contribution in [0.3, 0.4) is 0 Å². The predicted molar refractivity (Wildman–Crippen MR) is 72.9 cm³/mol. The van der Waals surface area contributed by atoms with Crippen LogP contribution in [0.5, 0.6) is 0 Å². The number of halogens is 2. The molecule has 1 heterocycles. The minimum absolute atomic E-state index is 0.0349. The van der Waals surface area contributed by atoms with Crippen molar-refractivity contribution >= 4 is 5.91 Å². The summed E-state index contributed by atoms with van der Waals surface area (Å²) in [6.07, 6.45) is 2.44. The highest BCUT2D eigenvalue weighted by atomic mass is 19.3. The first-order chi connectivity index (χ1) is 9.57. The Morgan fingerprint density at radius 3 is 2.65 bits per heavy atom. The Balaban J connectivity index is 1.76. The number of hydrogen-bond donors (Lipinski definition) is 0. The number of alkyl halides is 2. The van der Waals surface area contributed by atoms with Crippen LogP contribution in [0.1, 0.15) is 42.7 Å². The number of nitrogens with zero attached hydrogens (tertiary/aromatic N) is 1. The molecule has 108 valence electrons. The summed E-state index contributed by atoms with van der Waals surface area (Å²) in [5, 5.41) is 0. The van der Waals surface area contributed by atoms with Crippen molar-refractivity contribution in [3.05, 3.63) is 35.4 Å². The molecule has 1 aliphatic carbocycles. The molecule has 2 nitrogen and oxygen atoms in total. The first-order valence-corrected chi connectivity index (χ1v) is 7.31. The molecule has 0 N–H and O–H groups in total. The number of aryl methyl sites for hydroxylation is 1. The molecule has 1 amide bonds. The zero-order chi connectivity index (χ0) is 14.2. The molecule has 1 aromatic rings. The Labute approximate surface area is 117 Å². The standard InChI is InChI=1S/C16H19F2NO/c17-16(18)8-10-19(11-9-16)15(20)14-7-3-5-12-4-1-2-6-13(12)14/h1-2,4,6,14H,3,5,7-11H2. The minimum Gasteiger partial charge on any atom is -0.342 e. The molecule has 0 bridgehead atoms. The third kappa shape index (κ3) is 2.56. The first-order valence-electron chi connectivity index (χ1n) is 7.31. The average molecular weight is 279 g/mol. The van der Waals surface area contributed by atoms with Gasteiger partial charge in [0.1, 0.15) is 0 Å². The highest BCUT2D eigenvalue weighted by Crippen LogP contribution is 2.35. The number of fused-ring (bicyclic) bond motifs is 1. The van der Waals surface area contributed by atoms with Crippen LogP contribution in [-0.2, 0) is 11.2 Å². The Hall–Kier alpha value is -1.45. The Morgan fingerprint density at radius 1 is 1.20 bits per heavy atom. The molecule has 0 spiro atoms. The number of amides is 1.